The third-order valence-electron chi connectivity index (χ3n) is 3.61. The van der Waals surface area contributed by atoms with E-state index < -0.39 is 0 Å². The van der Waals surface area contributed by atoms with E-state index in [0.29, 0.717) is 5.92 Å². The van der Waals surface area contributed by atoms with Crippen molar-refractivity contribution in [3.8, 4) is 5.69 Å². The molecule has 0 spiro atoms. The first-order chi connectivity index (χ1) is 10.0. The minimum Gasteiger partial charge on any atom is -0.311 e. The van der Waals surface area contributed by atoms with E-state index in [1.165, 1.54) is 0 Å². The summed E-state index contributed by atoms with van der Waals surface area (Å²) in [6, 6.07) is 0. The highest BCUT2D eigenvalue weighted by molar-refractivity contribution is 5.37. The van der Waals surface area contributed by atoms with Crippen LogP contribution in [-0.4, -0.2) is 26.1 Å². The zero-order valence-electron chi connectivity index (χ0n) is 13.6. The standard InChI is InChI=1S/C16H25N5/c1-6-7-17-8-14-15(9-18-16(20-14)11(2)3)21-10-19-12(4)13(21)5/h9-11,17H,6-8H2,1-5H3. The van der Waals surface area contributed by atoms with E-state index in [-0.39, 0.29) is 0 Å². The van der Waals surface area contributed by atoms with Crippen molar-refractivity contribution in [3.05, 3.63) is 35.4 Å². The smallest absolute Gasteiger partial charge is 0.131 e. The zero-order valence-corrected chi connectivity index (χ0v) is 13.6. The SMILES string of the molecule is CCCNCc1nc(C(C)C)ncc1-n1cnc(C)c1C. The molecule has 0 aliphatic rings. The topological polar surface area (TPSA) is 55.6 Å². The van der Waals surface area contributed by atoms with Crippen molar-refractivity contribution in [1.29, 1.82) is 0 Å². The Kier molecular flexibility index (Phi) is 5.07. The minimum absolute atomic E-state index is 0.328. The Bertz CT molecular complexity index is 601. The second-order valence-electron chi connectivity index (χ2n) is 5.68. The van der Waals surface area contributed by atoms with E-state index in [9.17, 15) is 0 Å². The number of imidazole rings is 1. The minimum atomic E-state index is 0.328. The number of nitrogens with one attached hydrogen (secondary N) is 1. The molecule has 0 fully saturated rings. The number of aryl methyl sites for hydroxylation is 1. The molecule has 2 aromatic rings. The first-order valence-corrected chi connectivity index (χ1v) is 7.62. The van der Waals surface area contributed by atoms with Crippen LogP contribution in [-0.2, 0) is 6.54 Å². The van der Waals surface area contributed by atoms with Crippen LogP contribution >= 0.6 is 0 Å². The largest absolute Gasteiger partial charge is 0.311 e. The van der Waals surface area contributed by atoms with Crippen LogP contribution in [0.5, 0.6) is 0 Å². The van der Waals surface area contributed by atoms with Crippen LogP contribution in [0.3, 0.4) is 0 Å². The predicted molar refractivity (Wildman–Crippen MR) is 84.7 cm³/mol. The Morgan fingerprint density at radius 1 is 1.24 bits per heavy atom. The molecule has 5 nitrogen and oxygen atoms in total. The lowest BCUT2D eigenvalue weighted by Gasteiger charge is -2.14. The van der Waals surface area contributed by atoms with E-state index in [1.54, 1.807) is 0 Å². The summed E-state index contributed by atoms with van der Waals surface area (Å²) in [7, 11) is 0. The lowest BCUT2D eigenvalue weighted by atomic mass is 10.2. The van der Waals surface area contributed by atoms with Crippen LogP contribution in [0, 0.1) is 13.8 Å². The molecule has 0 aromatic carbocycles. The predicted octanol–water partition coefficient (Wildman–Crippen LogP) is 2.90. The number of nitrogens with zero attached hydrogens (tertiary/aromatic N) is 4. The molecule has 21 heavy (non-hydrogen) atoms. The summed E-state index contributed by atoms with van der Waals surface area (Å²) < 4.78 is 2.07. The summed E-state index contributed by atoms with van der Waals surface area (Å²) >= 11 is 0. The van der Waals surface area contributed by atoms with Crippen molar-refractivity contribution in [3.63, 3.8) is 0 Å². The first kappa shape index (κ1) is 15.6. The molecular formula is C16H25N5. The van der Waals surface area contributed by atoms with E-state index >= 15 is 0 Å². The number of hydrogen-bond donors (Lipinski definition) is 1. The summed E-state index contributed by atoms with van der Waals surface area (Å²) in [5.74, 6) is 1.22. The van der Waals surface area contributed by atoms with Crippen molar-refractivity contribution in [2.45, 2.75) is 53.5 Å². The highest BCUT2D eigenvalue weighted by atomic mass is 15.1. The van der Waals surface area contributed by atoms with Crippen molar-refractivity contribution < 1.29 is 0 Å². The fraction of sp³-hybridized carbons (Fsp3) is 0.562. The molecule has 2 aromatic heterocycles. The normalized spacial score (nSPS) is 11.3. The van der Waals surface area contributed by atoms with Crippen LogP contribution in [0.15, 0.2) is 12.5 Å². The van der Waals surface area contributed by atoms with Gasteiger partial charge in [-0.1, -0.05) is 20.8 Å². The zero-order chi connectivity index (χ0) is 15.4. The van der Waals surface area contributed by atoms with Gasteiger partial charge in [0.05, 0.1) is 29.6 Å². The highest BCUT2D eigenvalue weighted by Crippen LogP contribution is 2.18. The average Bonchev–Trinajstić information content (AvgIpc) is 2.79. The van der Waals surface area contributed by atoms with Crippen molar-refractivity contribution in [2.24, 2.45) is 0 Å². The van der Waals surface area contributed by atoms with E-state index in [2.05, 4.69) is 47.5 Å². The molecule has 0 bridgehead atoms. The van der Waals surface area contributed by atoms with Crippen LogP contribution in [0.2, 0.25) is 0 Å². The molecule has 2 heterocycles. The van der Waals surface area contributed by atoms with Gasteiger partial charge in [-0.2, -0.15) is 0 Å². The Morgan fingerprint density at radius 3 is 2.57 bits per heavy atom. The quantitative estimate of drug-likeness (QED) is 0.830. The lowest BCUT2D eigenvalue weighted by Crippen LogP contribution is -2.18. The van der Waals surface area contributed by atoms with Crippen LogP contribution in [0.4, 0.5) is 0 Å². The molecule has 2 rings (SSSR count). The third-order valence-corrected chi connectivity index (χ3v) is 3.61. The summed E-state index contributed by atoms with van der Waals surface area (Å²) in [5.41, 5.74) is 4.21. The van der Waals surface area contributed by atoms with Crippen LogP contribution < -0.4 is 5.32 Å². The summed E-state index contributed by atoms with van der Waals surface area (Å²) in [5, 5.41) is 3.43. The van der Waals surface area contributed by atoms with Crippen LogP contribution in [0.25, 0.3) is 5.69 Å². The van der Waals surface area contributed by atoms with Gasteiger partial charge in [0.1, 0.15) is 5.82 Å². The summed E-state index contributed by atoms with van der Waals surface area (Å²) in [4.78, 5) is 13.6. The maximum absolute atomic E-state index is 4.75. The number of aromatic nitrogens is 4. The Hall–Kier alpha value is -1.75. The fourth-order valence-corrected chi connectivity index (χ4v) is 2.16. The lowest BCUT2D eigenvalue weighted by molar-refractivity contribution is 0.647. The summed E-state index contributed by atoms with van der Waals surface area (Å²) in [6.45, 7) is 12.2. The maximum atomic E-state index is 4.75. The van der Waals surface area contributed by atoms with Gasteiger partial charge in [-0.3, -0.25) is 4.57 Å². The van der Waals surface area contributed by atoms with Crippen molar-refractivity contribution in [1.82, 2.24) is 24.8 Å². The number of hydrogen-bond acceptors (Lipinski definition) is 4. The molecule has 1 N–H and O–H groups in total. The Balaban J connectivity index is 2.41. The molecule has 0 unspecified atom stereocenters. The summed E-state index contributed by atoms with van der Waals surface area (Å²) in [6.07, 6.45) is 4.88. The second-order valence-corrected chi connectivity index (χ2v) is 5.68. The van der Waals surface area contributed by atoms with Gasteiger partial charge in [0, 0.05) is 18.2 Å². The number of rotatable bonds is 6. The first-order valence-electron chi connectivity index (χ1n) is 7.62. The fourth-order valence-electron chi connectivity index (χ4n) is 2.16. The van der Waals surface area contributed by atoms with Gasteiger partial charge < -0.3 is 5.32 Å². The van der Waals surface area contributed by atoms with Gasteiger partial charge >= 0.3 is 0 Å². The van der Waals surface area contributed by atoms with Crippen LogP contribution in [0.1, 0.15) is 56.0 Å². The third kappa shape index (κ3) is 3.47. The van der Waals surface area contributed by atoms with Gasteiger partial charge in [0.15, 0.2) is 0 Å². The van der Waals surface area contributed by atoms with Gasteiger partial charge in [-0.15, -0.1) is 0 Å². The molecule has 0 amide bonds. The van der Waals surface area contributed by atoms with Crippen molar-refractivity contribution in [2.75, 3.05) is 6.54 Å². The molecule has 0 radical (unpaired) electrons. The molecule has 0 aliphatic heterocycles. The average molecular weight is 287 g/mol. The van der Waals surface area contributed by atoms with Crippen molar-refractivity contribution >= 4 is 0 Å². The molecule has 0 saturated heterocycles. The molecule has 0 aliphatic carbocycles. The van der Waals surface area contributed by atoms with Gasteiger partial charge in [0.25, 0.3) is 0 Å². The molecule has 5 heteroatoms. The monoisotopic (exact) mass is 287 g/mol. The molecule has 114 valence electrons. The molecular weight excluding hydrogens is 262 g/mol. The van der Waals surface area contributed by atoms with E-state index in [1.807, 2.05) is 19.4 Å². The molecule has 0 atom stereocenters. The Morgan fingerprint density at radius 2 is 2.00 bits per heavy atom. The Labute approximate surface area is 126 Å². The van der Waals surface area contributed by atoms with Gasteiger partial charge in [0.2, 0.25) is 0 Å². The second kappa shape index (κ2) is 6.80. The maximum Gasteiger partial charge on any atom is 0.131 e. The van der Waals surface area contributed by atoms with Gasteiger partial charge in [-0.05, 0) is 26.8 Å². The van der Waals surface area contributed by atoms with E-state index in [0.717, 1.165) is 48.1 Å². The van der Waals surface area contributed by atoms with Gasteiger partial charge in [-0.25, -0.2) is 15.0 Å². The highest BCUT2D eigenvalue weighted by Gasteiger charge is 2.13. The molecule has 0 saturated carbocycles. The van der Waals surface area contributed by atoms with E-state index in [4.69, 9.17) is 4.98 Å².